The molecule has 2 amide bonds. The monoisotopic (exact) mass is 583 g/mol. The van der Waals surface area contributed by atoms with Crippen LogP contribution >= 0.6 is 0 Å². The van der Waals surface area contributed by atoms with Gasteiger partial charge < -0.3 is 15.0 Å². The number of halogens is 1. The fourth-order valence-electron chi connectivity index (χ4n) is 4.32. The predicted molar refractivity (Wildman–Crippen MR) is 159 cm³/mol. The molecule has 0 radical (unpaired) electrons. The molecule has 3 aromatic rings. The average Bonchev–Trinajstić information content (AvgIpc) is 2.95. The van der Waals surface area contributed by atoms with E-state index in [9.17, 15) is 22.4 Å². The van der Waals surface area contributed by atoms with Crippen LogP contribution in [-0.2, 0) is 32.6 Å². The number of para-hydroxylation sites is 2. The van der Waals surface area contributed by atoms with E-state index in [1.807, 2.05) is 44.2 Å². The fraction of sp³-hybridized carbons (Fsp3) is 0.355. The highest BCUT2D eigenvalue weighted by molar-refractivity contribution is 7.92. The minimum Gasteiger partial charge on any atom is -0.492 e. The van der Waals surface area contributed by atoms with E-state index >= 15 is 0 Å². The highest BCUT2D eigenvalue weighted by atomic mass is 32.2. The smallest absolute Gasteiger partial charge is 0.244 e. The lowest BCUT2D eigenvalue weighted by Gasteiger charge is -2.34. The average molecular weight is 584 g/mol. The second-order valence-corrected chi connectivity index (χ2v) is 11.7. The van der Waals surface area contributed by atoms with E-state index in [1.54, 1.807) is 43.3 Å². The maximum Gasteiger partial charge on any atom is 0.244 e. The summed E-state index contributed by atoms with van der Waals surface area (Å²) in [7, 11) is -3.94. The van der Waals surface area contributed by atoms with Crippen molar-refractivity contribution in [2.45, 2.75) is 52.2 Å². The topological polar surface area (TPSA) is 96.0 Å². The Hall–Kier alpha value is -3.92. The van der Waals surface area contributed by atoms with E-state index in [4.69, 9.17) is 4.74 Å². The van der Waals surface area contributed by atoms with Crippen molar-refractivity contribution in [2.24, 2.45) is 0 Å². The number of ether oxygens (including phenoxy) is 1. The zero-order chi connectivity index (χ0) is 30.0. The first kappa shape index (κ1) is 31.6. The third kappa shape index (κ3) is 9.04. The molecule has 3 aromatic carbocycles. The van der Waals surface area contributed by atoms with Gasteiger partial charge in [-0.1, -0.05) is 61.5 Å². The van der Waals surface area contributed by atoms with Crippen molar-refractivity contribution < 1.29 is 27.1 Å². The number of amides is 2. The predicted octanol–water partition coefficient (Wildman–Crippen LogP) is 4.55. The maximum absolute atomic E-state index is 14.1. The number of anilines is 1. The number of benzene rings is 3. The Morgan fingerprint density at radius 1 is 0.927 bits per heavy atom. The quantitative estimate of drug-likeness (QED) is 0.301. The molecule has 0 saturated heterocycles. The summed E-state index contributed by atoms with van der Waals surface area (Å²) in [5.74, 6) is -1.07. The summed E-state index contributed by atoms with van der Waals surface area (Å²) < 4.78 is 46.3. The number of nitrogens with one attached hydrogen (secondary N) is 1. The van der Waals surface area contributed by atoms with Crippen LogP contribution in [0.4, 0.5) is 10.1 Å². The van der Waals surface area contributed by atoms with Crippen molar-refractivity contribution in [2.75, 3.05) is 23.7 Å². The third-order valence-electron chi connectivity index (χ3n) is 6.65. The SMILES string of the molecule is CCOc1ccccc1N(CC(=O)N(Cc1ccc(F)cc1)[C@@H](Cc1ccccc1)C(=O)N[C@@H](C)CC)S(C)(=O)=O. The lowest BCUT2D eigenvalue weighted by molar-refractivity contribution is -0.140. The van der Waals surface area contributed by atoms with E-state index < -0.39 is 34.3 Å². The molecular weight excluding hydrogens is 545 g/mol. The van der Waals surface area contributed by atoms with Gasteiger partial charge in [-0.3, -0.25) is 13.9 Å². The van der Waals surface area contributed by atoms with Crippen molar-refractivity contribution in [1.29, 1.82) is 0 Å². The molecule has 2 atom stereocenters. The van der Waals surface area contributed by atoms with E-state index in [0.717, 1.165) is 16.1 Å². The molecule has 220 valence electrons. The van der Waals surface area contributed by atoms with Crippen LogP contribution in [0.2, 0.25) is 0 Å². The lowest BCUT2D eigenvalue weighted by Crippen LogP contribution is -2.54. The number of nitrogens with zero attached hydrogens (tertiary/aromatic N) is 2. The molecule has 0 aromatic heterocycles. The summed E-state index contributed by atoms with van der Waals surface area (Å²) in [4.78, 5) is 29.2. The normalized spacial score (nSPS) is 12.7. The van der Waals surface area contributed by atoms with Gasteiger partial charge in [-0.15, -0.1) is 0 Å². The molecule has 0 heterocycles. The molecule has 0 aliphatic heterocycles. The zero-order valence-corrected chi connectivity index (χ0v) is 24.7. The van der Waals surface area contributed by atoms with Crippen LogP contribution in [0.25, 0.3) is 0 Å². The molecular formula is C31H38FN3O5S. The molecule has 0 saturated carbocycles. The van der Waals surface area contributed by atoms with Crippen LogP contribution in [0.1, 0.15) is 38.3 Å². The van der Waals surface area contributed by atoms with Crippen molar-refractivity contribution >= 4 is 27.5 Å². The van der Waals surface area contributed by atoms with Gasteiger partial charge >= 0.3 is 0 Å². The molecule has 41 heavy (non-hydrogen) atoms. The molecule has 0 aliphatic rings. The molecule has 10 heteroatoms. The van der Waals surface area contributed by atoms with Gasteiger partial charge in [0.05, 0.1) is 18.6 Å². The van der Waals surface area contributed by atoms with Crippen LogP contribution < -0.4 is 14.4 Å². The Kier molecular flexibility index (Phi) is 11.3. The van der Waals surface area contributed by atoms with Crippen LogP contribution in [0.5, 0.6) is 5.75 Å². The Morgan fingerprint density at radius 2 is 1.56 bits per heavy atom. The van der Waals surface area contributed by atoms with Gasteiger partial charge in [0, 0.05) is 19.0 Å². The Balaban J connectivity index is 2.08. The Labute approximate surface area is 242 Å². The van der Waals surface area contributed by atoms with E-state index in [1.165, 1.54) is 17.0 Å². The molecule has 1 N–H and O–H groups in total. The third-order valence-corrected chi connectivity index (χ3v) is 7.78. The number of carbonyl (C=O) groups is 2. The number of rotatable bonds is 14. The van der Waals surface area contributed by atoms with Gasteiger partial charge in [-0.05, 0) is 55.7 Å². The van der Waals surface area contributed by atoms with E-state index in [2.05, 4.69) is 5.32 Å². The highest BCUT2D eigenvalue weighted by Gasteiger charge is 2.34. The summed E-state index contributed by atoms with van der Waals surface area (Å²) in [6, 6.07) is 20.4. The van der Waals surface area contributed by atoms with Gasteiger partial charge in [0.15, 0.2) is 0 Å². The van der Waals surface area contributed by atoms with Crippen molar-refractivity contribution in [3.8, 4) is 5.75 Å². The number of hydrogen-bond donors (Lipinski definition) is 1. The molecule has 0 bridgehead atoms. The number of sulfonamides is 1. The highest BCUT2D eigenvalue weighted by Crippen LogP contribution is 2.30. The van der Waals surface area contributed by atoms with Crippen LogP contribution in [0, 0.1) is 5.82 Å². The van der Waals surface area contributed by atoms with Crippen molar-refractivity contribution in [3.05, 3.63) is 95.8 Å². The Morgan fingerprint density at radius 3 is 2.17 bits per heavy atom. The van der Waals surface area contributed by atoms with Gasteiger partial charge in [0.1, 0.15) is 24.2 Å². The van der Waals surface area contributed by atoms with Gasteiger partial charge in [0.25, 0.3) is 0 Å². The number of carbonyl (C=O) groups excluding carboxylic acids is 2. The lowest BCUT2D eigenvalue weighted by atomic mass is 10.0. The molecule has 0 aliphatic carbocycles. The summed E-state index contributed by atoms with van der Waals surface area (Å²) in [6.07, 6.45) is 1.90. The first-order chi connectivity index (χ1) is 19.5. The molecule has 0 unspecified atom stereocenters. The molecule has 0 fully saturated rings. The van der Waals surface area contributed by atoms with Crippen LogP contribution in [-0.4, -0.2) is 56.6 Å². The Bertz CT molecular complexity index is 1400. The van der Waals surface area contributed by atoms with Crippen molar-refractivity contribution in [1.82, 2.24) is 10.2 Å². The largest absolute Gasteiger partial charge is 0.492 e. The van der Waals surface area contributed by atoms with E-state index in [-0.39, 0.29) is 30.6 Å². The standard InChI is InChI=1S/C31H38FN3O5S/c1-5-23(3)33-31(37)28(20-24-12-8-7-9-13-24)34(21-25-16-18-26(32)19-17-25)30(36)22-35(41(4,38)39)27-14-10-11-15-29(27)40-6-2/h7-19,23,28H,5-6,20-22H2,1-4H3,(H,33,37)/t23-,28-/m0/s1. The zero-order valence-electron chi connectivity index (χ0n) is 23.9. The van der Waals surface area contributed by atoms with Gasteiger partial charge in [0.2, 0.25) is 21.8 Å². The minimum atomic E-state index is -3.94. The van der Waals surface area contributed by atoms with Crippen LogP contribution in [0.15, 0.2) is 78.9 Å². The first-order valence-electron chi connectivity index (χ1n) is 13.6. The van der Waals surface area contributed by atoms with Crippen LogP contribution in [0.3, 0.4) is 0 Å². The summed E-state index contributed by atoms with van der Waals surface area (Å²) >= 11 is 0. The minimum absolute atomic E-state index is 0.0325. The van der Waals surface area contributed by atoms with Gasteiger partial charge in [-0.25, -0.2) is 12.8 Å². The second kappa shape index (κ2) is 14.6. The second-order valence-electron chi connectivity index (χ2n) is 9.84. The fourth-order valence-corrected chi connectivity index (χ4v) is 5.17. The van der Waals surface area contributed by atoms with Crippen molar-refractivity contribution in [3.63, 3.8) is 0 Å². The van der Waals surface area contributed by atoms with E-state index in [0.29, 0.717) is 24.3 Å². The molecule has 0 spiro atoms. The summed E-state index contributed by atoms with van der Waals surface area (Å²) in [6.45, 7) is 5.30. The maximum atomic E-state index is 14.1. The van der Waals surface area contributed by atoms with Gasteiger partial charge in [-0.2, -0.15) is 0 Å². The summed E-state index contributed by atoms with van der Waals surface area (Å²) in [5, 5.41) is 2.98. The molecule has 3 rings (SSSR count). The first-order valence-corrected chi connectivity index (χ1v) is 15.5. The number of hydrogen-bond acceptors (Lipinski definition) is 5. The summed E-state index contributed by atoms with van der Waals surface area (Å²) in [5.41, 5.74) is 1.64. The molecule has 8 nitrogen and oxygen atoms in total.